The lowest BCUT2D eigenvalue weighted by molar-refractivity contribution is 0.439. The summed E-state index contributed by atoms with van der Waals surface area (Å²) in [6, 6.07) is 13.1. The number of nitrogens with one attached hydrogen (secondary N) is 1. The van der Waals surface area contributed by atoms with Crippen molar-refractivity contribution in [2.75, 3.05) is 7.05 Å². The van der Waals surface area contributed by atoms with Crippen LogP contribution in [0.5, 0.6) is 11.5 Å². The first-order valence-corrected chi connectivity index (χ1v) is 6.32. The van der Waals surface area contributed by atoms with Crippen LogP contribution in [0.4, 0.5) is 4.39 Å². The van der Waals surface area contributed by atoms with E-state index in [0.717, 1.165) is 0 Å². The van der Waals surface area contributed by atoms with Gasteiger partial charge in [-0.2, -0.15) is 0 Å². The molecule has 0 heterocycles. The van der Waals surface area contributed by atoms with Crippen LogP contribution in [0.1, 0.15) is 24.1 Å². The third kappa shape index (κ3) is 3.12. The number of rotatable bonds is 4. The second kappa shape index (κ2) is 5.85. The SMILES string of the molecule is CNC(C)c1ccc(Oc2cccc(C)c2F)cc1. The first-order valence-electron chi connectivity index (χ1n) is 6.32. The Hall–Kier alpha value is -1.87. The molecule has 0 aromatic heterocycles. The Kier molecular flexibility index (Phi) is 4.17. The topological polar surface area (TPSA) is 21.3 Å². The maximum Gasteiger partial charge on any atom is 0.168 e. The fourth-order valence-corrected chi connectivity index (χ4v) is 1.82. The Bertz CT molecular complexity index is 551. The normalized spacial score (nSPS) is 12.2. The molecule has 2 rings (SSSR count). The van der Waals surface area contributed by atoms with Crippen molar-refractivity contribution in [1.29, 1.82) is 0 Å². The average Bonchev–Trinajstić information content (AvgIpc) is 2.44. The molecule has 2 aromatic carbocycles. The van der Waals surface area contributed by atoms with Gasteiger partial charge in [0.05, 0.1) is 0 Å². The summed E-state index contributed by atoms with van der Waals surface area (Å²) in [6.07, 6.45) is 0. The minimum absolute atomic E-state index is 0.259. The van der Waals surface area contributed by atoms with E-state index in [1.54, 1.807) is 25.1 Å². The van der Waals surface area contributed by atoms with Crippen molar-refractivity contribution in [2.45, 2.75) is 19.9 Å². The summed E-state index contributed by atoms with van der Waals surface area (Å²) in [7, 11) is 1.91. The van der Waals surface area contributed by atoms with Gasteiger partial charge in [0.25, 0.3) is 0 Å². The highest BCUT2D eigenvalue weighted by atomic mass is 19.1. The van der Waals surface area contributed by atoms with E-state index in [4.69, 9.17) is 4.74 Å². The van der Waals surface area contributed by atoms with Crippen molar-refractivity contribution < 1.29 is 9.13 Å². The van der Waals surface area contributed by atoms with E-state index in [0.29, 0.717) is 11.3 Å². The van der Waals surface area contributed by atoms with Gasteiger partial charge < -0.3 is 10.1 Å². The minimum Gasteiger partial charge on any atom is -0.454 e. The van der Waals surface area contributed by atoms with Gasteiger partial charge in [0.15, 0.2) is 11.6 Å². The van der Waals surface area contributed by atoms with Gasteiger partial charge in [0.1, 0.15) is 5.75 Å². The second-order valence-electron chi connectivity index (χ2n) is 4.57. The summed E-state index contributed by atoms with van der Waals surface area (Å²) in [6.45, 7) is 3.80. The number of hydrogen-bond acceptors (Lipinski definition) is 2. The number of benzene rings is 2. The highest BCUT2D eigenvalue weighted by Gasteiger charge is 2.07. The Morgan fingerprint density at radius 2 is 1.79 bits per heavy atom. The lowest BCUT2D eigenvalue weighted by Gasteiger charge is -2.12. The van der Waals surface area contributed by atoms with E-state index >= 15 is 0 Å². The zero-order chi connectivity index (χ0) is 13.8. The van der Waals surface area contributed by atoms with Crippen molar-refractivity contribution in [3.05, 3.63) is 59.4 Å². The molecule has 0 fully saturated rings. The summed E-state index contributed by atoms with van der Waals surface area (Å²) in [5, 5.41) is 3.17. The molecule has 0 saturated carbocycles. The number of aryl methyl sites for hydroxylation is 1. The summed E-state index contributed by atoms with van der Waals surface area (Å²) in [5.74, 6) is 0.584. The summed E-state index contributed by atoms with van der Waals surface area (Å²) >= 11 is 0. The molecule has 2 aromatic rings. The van der Waals surface area contributed by atoms with Crippen LogP contribution in [0.25, 0.3) is 0 Å². The first kappa shape index (κ1) is 13.6. The zero-order valence-corrected chi connectivity index (χ0v) is 11.4. The molecule has 0 bridgehead atoms. The minimum atomic E-state index is -0.310. The number of halogens is 1. The largest absolute Gasteiger partial charge is 0.454 e. The molecule has 0 aliphatic carbocycles. The van der Waals surface area contributed by atoms with Crippen LogP contribution in [0, 0.1) is 12.7 Å². The second-order valence-corrected chi connectivity index (χ2v) is 4.57. The molecule has 19 heavy (non-hydrogen) atoms. The van der Waals surface area contributed by atoms with Gasteiger partial charge in [0, 0.05) is 6.04 Å². The van der Waals surface area contributed by atoms with Crippen molar-refractivity contribution in [2.24, 2.45) is 0 Å². The van der Waals surface area contributed by atoms with Gasteiger partial charge >= 0.3 is 0 Å². The third-order valence-corrected chi connectivity index (χ3v) is 3.20. The fourth-order valence-electron chi connectivity index (χ4n) is 1.82. The molecule has 0 aliphatic heterocycles. The molecule has 0 saturated heterocycles. The molecular formula is C16H18FNO. The van der Waals surface area contributed by atoms with Crippen molar-refractivity contribution in [3.63, 3.8) is 0 Å². The summed E-state index contributed by atoms with van der Waals surface area (Å²) < 4.78 is 19.4. The molecule has 0 spiro atoms. The molecule has 3 heteroatoms. The third-order valence-electron chi connectivity index (χ3n) is 3.20. The maximum absolute atomic E-state index is 13.8. The van der Waals surface area contributed by atoms with Crippen LogP contribution < -0.4 is 10.1 Å². The van der Waals surface area contributed by atoms with E-state index in [2.05, 4.69) is 12.2 Å². The first-order chi connectivity index (χ1) is 9.11. The van der Waals surface area contributed by atoms with Crippen LogP contribution >= 0.6 is 0 Å². The number of ether oxygens (including phenoxy) is 1. The van der Waals surface area contributed by atoms with E-state index in [1.807, 2.05) is 31.3 Å². The van der Waals surface area contributed by atoms with Crippen molar-refractivity contribution >= 4 is 0 Å². The van der Waals surface area contributed by atoms with Crippen molar-refractivity contribution in [1.82, 2.24) is 5.32 Å². The van der Waals surface area contributed by atoms with E-state index in [-0.39, 0.29) is 17.6 Å². The lowest BCUT2D eigenvalue weighted by Crippen LogP contribution is -2.11. The highest BCUT2D eigenvalue weighted by molar-refractivity contribution is 5.36. The van der Waals surface area contributed by atoms with E-state index in [9.17, 15) is 4.39 Å². The van der Waals surface area contributed by atoms with Gasteiger partial charge in [0.2, 0.25) is 0 Å². The van der Waals surface area contributed by atoms with Crippen LogP contribution in [0.2, 0.25) is 0 Å². The van der Waals surface area contributed by atoms with E-state index in [1.165, 1.54) is 5.56 Å². The predicted molar refractivity (Wildman–Crippen MR) is 75.1 cm³/mol. The summed E-state index contributed by atoms with van der Waals surface area (Å²) in [5.41, 5.74) is 1.75. The molecule has 0 amide bonds. The Balaban J connectivity index is 2.18. The number of hydrogen-bond donors (Lipinski definition) is 1. The van der Waals surface area contributed by atoms with Gasteiger partial charge in [-0.15, -0.1) is 0 Å². The molecule has 1 atom stereocenters. The predicted octanol–water partition coefficient (Wildman–Crippen LogP) is 4.21. The Morgan fingerprint density at radius 1 is 1.11 bits per heavy atom. The molecule has 0 aliphatic rings. The monoisotopic (exact) mass is 259 g/mol. The smallest absolute Gasteiger partial charge is 0.168 e. The van der Waals surface area contributed by atoms with Crippen LogP contribution in [-0.4, -0.2) is 7.05 Å². The van der Waals surface area contributed by atoms with Gasteiger partial charge in [-0.3, -0.25) is 0 Å². The van der Waals surface area contributed by atoms with Gasteiger partial charge in [-0.1, -0.05) is 24.3 Å². The van der Waals surface area contributed by atoms with Gasteiger partial charge in [-0.05, 0) is 50.2 Å². The molecular weight excluding hydrogens is 241 g/mol. The van der Waals surface area contributed by atoms with E-state index < -0.39 is 0 Å². The zero-order valence-electron chi connectivity index (χ0n) is 11.4. The van der Waals surface area contributed by atoms with Crippen LogP contribution in [0.15, 0.2) is 42.5 Å². The fraction of sp³-hybridized carbons (Fsp3) is 0.250. The molecule has 100 valence electrons. The maximum atomic E-state index is 13.8. The molecule has 0 radical (unpaired) electrons. The lowest BCUT2D eigenvalue weighted by atomic mass is 10.1. The van der Waals surface area contributed by atoms with Gasteiger partial charge in [-0.25, -0.2) is 4.39 Å². The Morgan fingerprint density at radius 3 is 2.42 bits per heavy atom. The van der Waals surface area contributed by atoms with Crippen LogP contribution in [0.3, 0.4) is 0 Å². The summed E-state index contributed by atoms with van der Waals surface area (Å²) in [4.78, 5) is 0. The average molecular weight is 259 g/mol. The molecule has 2 nitrogen and oxygen atoms in total. The standard InChI is InChI=1S/C16H18FNO/c1-11-5-4-6-15(16(11)17)19-14-9-7-13(8-10-14)12(2)18-3/h4-10,12,18H,1-3H3. The quantitative estimate of drug-likeness (QED) is 0.888. The Labute approximate surface area is 113 Å². The van der Waals surface area contributed by atoms with Crippen molar-refractivity contribution in [3.8, 4) is 11.5 Å². The molecule has 1 N–H and O–H groups in total. The van der Waals surface area contributed by atoms with Crippen LogP contribution in [-0.2, 0) is 0 Å². The molecule has 1 unspecified atom stereocenters. The highest BCUT2D eigenvalue weighted by Crippen LogP contribution is 2.27.